The average molecular weight is 277 g/mol. The average Bonchev–Trinajstić information content (AvgIpc) is 2.36. The summed E-state index contributed by atoms with van der Waals surface area (Å²) >= 11 is 0. The fourth-order valence-electron chi connectivity index (χ4n) is 2.28. The van der Waals surface area contributed by atoms with Crippen LogP contribution in [0.3, 0.4) is 0 Å². The van der Waals surface area contributed by atoms with E-state index in [0.29, 0.717) is 18.1 Å². The summed E-state index contributed by atoms with van der Waals surface area (Å²) in [5.74, 6) is 0.695. The van der Waals surface area contributed by atoms with Crippen LogP contribution in [0.25, 0.3) is 0 Å². The second kappa shape index (κ2) is 9.15. The second-order valence-corrected chi connectivity index (χ2v) is 6.43. The van der Waals surface area contributed by atoms with Crippen molar-refractivity contribution in [2.24, 2.45) is 5.92 Å². The number of rotatable bonds is 9. The van der Waals surface area contributed by atoms with Gasteiger partial charge in [0.25, 0.3) is 0 Å². The lowest BCUT2D eigenvalue weighted by Gasteiger charge is -2.15. The normalized spacial score (nSPS) is 13.2. The fourth-order valence-corrected chi connectivity index (χ4v) is 2.28. The molecule has 0 bridgehead atoms. The number of hydrogen-bond donors (Lipinski definition) is 1. The highest BCUT2D eigenvalue weighted by atomic mass is 16.5. The first kappa shape index (κ1) is 17.2. The van der Waals surface area contributed by atoms with Crippen molar-refractivity contribution in [3.05, 3.63) is 35.4 Å². The van der Waals surface area contributed by atoms with Gasteiger partial charge >= 0.3 is 0 Å². The number of hydrogen-bond acceptors (Lipinski definition) is 2. The Morgan fingerprint density at radius 2 is 1.55 bits per heavy atom. The van der Waals surface area contributed by atoms with E-state index in [1.165, 1.54) is 11.1 Å². The van der Waals surface area contributed by atoms with Gasteiger partial charge in [-0.2, -0.15) is 0 Å². The summed E-state index contributed by atoms with van der Waals surface area (Å²) in [5, 5.41) is 3.44. The van der Waals surface area contributed by atoms with Gasteiger partial charge in [-0.3, -0.25) is 0 Å². The summed E-state index contributed by atoms with van der Waals surface area (Å²) in [6.07, 6.45) is 2.55. The molecule has 2 nitrogen and oxygen atoms in total. The van der Waals surface area contributed by atoms with Gasteiger partial charge in [0.2, 0.25) is 0 Å². The summed E-state index contributed by atoms with van der Waals surface area (Å²) in [5.41, 5.74) is 2.65. The molecule has 0 aromatic heterocycles. The molecule has 1 rings (SSSR count). The zero-order valence-electron chi connectivity index (χ0n) is 13.8. The minimum atomic E-state index is 0.338. The molecule has 0 spiro atoms. The van der Waals surface area contributed by atoms with Gasteiger partial charge in [0.05, 0.1) is 12.7 Å². The van der Waals surface area contributed by atoms with Crippen molar-refractivity contribution in [3.8, 4) is 0 Å². The van der Waals surface area contributed by atoms with Crippen LogP contribution in [0, 0.1) is 5.92 Å². The molecule has 1 aromatic carbocycles. The standard InChI is InChI=1S/C18H31NO/c1-14(2)12-16(5)20-13-18-8-6-17(7-9-18)10-11-19-15(3)4/h6-9,14-16,19H,10-13H2,1-5H3. The van der Waals surface area contributed by atoms with Gasteiger partial charge in [-0.05, 0) is 43.4 Å². The highest BCUT2D eigenvalue weighted by molar-refractivity contribution is 5.22. The Labute approximate surface area is 124 Å². The first-order chi connectivity index (χ1) is 9.47. The lowest BCUT2D eigenvalue weighted by Crippen LogP contribution is -2.24. The third-order valence-corrected chi connectivity index (χ3v) is 3.33. The highest BCUT2D eigenvalue weighted by Crippen LogP contribution is 2.11. The first-order valence-corrected chi connectivity index (χ1v) is 7.90. The van der Waals surface area contributed by atoms with Crippen LogP contribution >= 0.6 is 0 Å². The molecule has 114 valence electrons. The predicted octanol–water partition coefficient (Wildman–Crippen LogP) is 4.18. The molecule has 20 heavy (non-hydrogen) atoms. The van der Waals surface area contributed by atoms with Crippen LogP contribution in [0.15, 0.2) is 24.3 Å². The zero-order valence-corrected chi connectivity index (χ0v) is 13.8. The van der Waals surface area contributed by atoms with Crippen LogP contribution in [0.2, 0.25) is 0 Å². The van der Waals surface area contributed by atoms with Gasteiger partial charge in [-0.15, -0.1) is 0 Å². The third-order valence-electron chi connectivity index (χ3n) is 3.33. The molecule has 0 saturated heterocycles. The van der Waals surface area contributed by atoms with E-state index in [9.17, 15) is 0 Å². The highest BCUT2D eigenvalue weighted by Gasteiger charge is 2.05. The van der Waals surface area contributed by atoms with Crippen molar-refractivity contribution in [2.75, 3.05) is 6.54 Å². The van der Waals surface area contributed by atoms with Crippen LogP contribution in [-0.2, 0) is 17.8 Å². The van der Waals surface area contributed by atoms with E-state index in [1.54, 1.807) is 0 Å². The maximum absolute atomic E-state index is 5.88. The molecular weight excluding hydrogens is 246 g/mol. The minimum absolute atomic E-state index is 0.338. The van der Waals surface area contributed by atoms with Gasteiger partial charge in [-0.25, -0.2) is 0 Å². The summed E-state index contributed by atoms with van der Waals surface area (Å²) < 4.78 is 5.88. The van der Waals surface area contributed by atoms with E-state index >= 15 is 0 Å². The second-order valence-electron chi connectivity index (χ2n) is 6.43. The van der Waals surface area contributed by atoms with Gasteiger partial charge < -0.3 is 10.1 Å². The van der Waals surface area contributed by atoms with E-state index < -0.39 is 0 Å². The van der Waals surface area contributed by atoms with Crippen LogP contribution in [0.1, 0.15) is 52.2 Å². The molecule has 1 atom stereocenters. The lowest BCUT2D eigenvalue weighted by molar-refractivity contribution is 0.0397. The SMILES string of the molecule is CC(C)CC(C)OCc1ccc(CCNC(C)C)cc1. The molecule has 0 heterocycles. The molecule has 1 N–H and O–H groups in total. The van der Waals surface area contributed by atoms with Crippen molar-refractivity contribution in [3.63, 3.8) is 0 Å². The molecule has 1 aromatic rings. The topological polar surface area (TPSA) is 21.3 Å². The summed E-state index contributed by atoms with van der Waals surface area (Å²) in [6, 6.07) is 9.37. The summed E-state index contributed by atoms with van der Waals surface area (Å²) in [7, 11) is 0. The van der Waals surface area contributed by atoms with Gasteiger partial charge in [0, 0.05) is 6.04 Å². The zero-order chi connectivity index (χ0) is 15.0. The minimum Gasteiger partial charge on any atom is -0.374 e. The molecule has 0 saturated carbocycles. The van der Waals surface area contributed by atoms with Crippen molar-refractivity contribution in [2.45, 2.75) is 66.2 Å². The van der Waals surface area contributed by atoms with Crippen LogP contribution in [-0.4, -0.2) is 18.7 Å². The molecule has 0 aliphatic rings. The lowest BCUT2D eigenvalue weighted by atomic mass is 10.1. The van der Waals surface area contributed by atoms with Crippen LogP contribution in [0.5, 0.6) is 0 Å². The molecule has 0 aliphatic carbocycles. The smallest absolute Gasteiger partial charge is 0.0720 e. The quantitative estimate of drug-likeness (QED) is 0.731. The number of ether oxygens (including phenoxy) is 1. The van der Waals surface area contributed by atoms with Crippen molar-refractivity contribution in [1.29, 1.82) is 0 Å². The molecule has 0 radical (unpaired) electrons. The Bertz CT molecular complexity index is 356. The maximum atomic E-state index is 5.88. The molecule has 0 aliphatic heterocycles. The van der Waals surface area contributed by atoms with E-state index in [1.807, 2.05) is 0 Å². The van der Waals surface area contributed by atoms with E-state index in [-0.39, 0.29) is 0 Å². The maximum Gasteiger partial charge on any atom is 0.0720 e. The Hall–Kier alpha value is -0.860. The van der Waals surface area contributed by atoms with Crippen molar-refractivity contribution in [1.82, 2.24) is 5.32 Å². The molecule has 0 amide bonds. The van der Waals surface area contributed by atoms with Gasteiger partial charge in [0.15, 0.2) is 0 Å². The third kappa shape index (κ3) is 7.66. The Morgan fingerprint density at radius 1 is 0.950 bits per heavy atom. The summed E-state index contributed by atoms with van der Waals surface area (Å²) in [6.45, 7) is 12.8. The van der Waals surface area contributed by atoms with E-state index in [4.69, 9.17) is 4.74 Å². The monoisotopic (exact) mass is 277 g/mol. The Kier molecular flexibility index (Phi) is 7.86. The molecule has 2 heteroatoms. The van der Waals surface area contributed by atoms with Gasteiger partial charge in [-0.1, -0.05) is 52.0 Å². The fraction of sp³-hybridized carbons (Fsp3) is 0.667. The van der Waals surface area contributed by atoms with Crippen LogP contribution < -0.4 is 5.32 Å². The largest absolute Gasteiger partial charge is 0.374 e. The molecule has 0 fully saturated rings. The Balaban J connectivity index is 2.31. The van der Waals surface area contributed by atoms with Gasteiger partial charge in [0.1, 0.15) is 0 Å². The van der Waals surface area contributed by atoms with E-state index in [0.717, 1.165) is 26.0 Å². The van der Waals surface area contributed by atoms with Crippen LogP contribution in [0.4, 0.5) is 0 Å². The Morgan fingerprint density at radius 3 is 2.10 bits per heavy atom. The molecular formula is C18H31NO. The van der Waals surface area contributed by atoms with Crippen molar-refractivity contribution >= 4 is 0 Å². The first-order valence-electron chi connectivity index (χ1n) is 7.90. The van der Waals surface area contributed by atoms with E-state index in [2.05, 4.69) is 64.2 Å². The molecule has 1 unspecified atom stereocenters. The number of nitrogens with one attached hydrogen (secondary N) is 1. The summed E-state index contributed by atoms with van der Waals surface area (Å²) in [4.78, 5) is 0. The predicted molar refractivity (Wildman–Crippen MR) is 87.0 cm³/mol. The number of benzene rings is 1. The van der Waals surface area contributed by atoms with Crippen molar-refractivity contribution < 1.29 is 4.74 Å².